The van der Waals surface area contributed by atoms with Gasteiger partial charge in [-0.15, -0.1) is 0 Å². The predicted octanol–water partition coefficient (Wildman–Crippen LogP) is 2.05. The van der Waals surface area contributed by atoms with E-state index in [4.69, 9.17) is 15.7 Å². The fourth-order valence-corrected chi connectivity index (χ4v) is 2.56. The Hall–Kier alpha value is -2.60. The van der Waals surface area contributed by atoms with Crippen LogP contribution < -0.4 is 16.0 Å². The molecule has 0 radical (unpaired) electrons. The Morgan fingerprint density at radius 2 is 1.92 bits per heavy atom. The molecule has 2 aliphatic carbocycles. The number of amides is 2. The maximum absolute atomic E-state index is 11.4. The fraction of sp³-hybridized carbons (Fsp3) is 0.333. The van der Waals surface area contributed by atoms with Crippen molar-refractivity contribution in [1.82, 2.24) is 5.48 Å². The fourth-order valence-electron chi connectivity index (χ4n) is 2.56. The second-order valence-electron chi connectivity index (χ2n) is 5.66. The van der Waals surface area contributed by atoms with Gasteiger partial charge in [-0.25, -0.2) is 5.48 Å². The van der Waals surface area contributed by atoms with Crippen LogP contribution in [0.5, 0.6) is 5.75 Å². The zero-order valence-electron chi connectivity index (χ0n) is 13.7. The van der Waals surface area contributed by atoms with E-state index in [1.807, 2.05) is 18.2 Å². The summed E-state index contributed by atoms with van der Waals surface area (Å²) in [6.07, 6.45) is 2.11. The van der Waals surface area contributed by atoms with E-state index in [0.29, 0.717) is 17.9 Å². The van der Waals surface area contributed by atoms with Gasteiger partial charge in [0.2, 0.25) is 11.8 Å². The van der Waals surface area contributed by atoms with E-state index in [-0.39, 0.29) is 12.8 Å². The second-order valence-corrected chi connectivity index (χ2v) is 5.66. The summed E-state index contributed by atoms with van der Waals surface area (Å²) in [6.45, 7) is 2.64. The minimum atomic E-state index is -0.502. The highest BCUT2D eigenvalue weighted by Crippen LogP contribution is 2.36. The van der Waals surface area contributed by atoms with Crippen LogP contribution in [0.4, 0.5) is 0 Å². The van der Waals surface area contributed by atoms with Crippen molar-refractivity contribution in [1.29, 1.82) is 0 Å². The number of fused-ring (bicyclic) bond motifs is 1. The van der Waals surface area contributed by atoms with Crippen LogP contribution in [0.2, 0.25) is 0 Å². The van der Waals surface area contributed by atoms with E-state index in [1.165, 1.54) is 0 Å². The third-order valence-corrected chi connectivity index (χ3v) is 3.74. The van der Waals surface area contributed by atoms with E-state index in [0.717, 1.165) is 29.5 Å². The Balaban J connectivity index is 2.42. The summed E-state index contributed by atoms with van der Waals surface area (Å²) >= 11 is 0. The number of rotatable bonds is 8. The Morgan fingerprint density at radius 3 is 2.58 bits per heavy atom. The van der Waals surface area contributed by atoms with Gasteiger partial charge in [-0.2, -0.15) is 0 Å². The monoisotopic (exact) mass is 330 g/mol. The molecule has 0 unspecified atom stereocenters. The van der Waals surface area contributed by atoms with Crippen LogP contribution in [-0.2, 0) is 22.4 Å². The van der Waals surface area contributed by atoms with Crippen molar-refractivity contribution in [2.24, 2.45) is 5.73 Å². The Morgan fingerprint density at radius 1 is 1.17 bits per heavy atom. The van der Waals surface area contributed by atoms with E-state index < -0.39 is 11.8 Å². The molecular weight excluding hydrogens is 308 g/mol. The van der Waals surface area contributed by atoms with E-state index in [1.54, 1.807) is 17.6 Å². The van der Waals surface area contributed by atoms with Crippen molar-refractivity contribution in [3.63, 3.8) is 0 Å². The normalized spacial score (nSPS) is 10.6. The number of carbonyl (C=O) groups is 2. The Kier molecular flexibility index (Phi) is 6.14. The molecule has 0 aromatic carbocycles. The van der Waals surface area contributed by atoms with Crippen LogP contribution in [0, 0.1) is 0 Å². The minimum absolute atomic E-state index is 0.0308. The van der Waals surface area contributed by atoms with Gasteiger partial charge in [0.15, 0.2) is 0 Å². The van der Waals surface area contributed by atoms with Gasteiger partial charge in [-0.05, 0) is 29.2 Å². The summed E-state index contributed by atoms with van der Waals surface area (Å²) in [5.74, 6) is -0.250. The molecule has 0 heterocycles. The average molecular weight is 330 g/mol. The maximum atomic E-state index is 11.4. The van der Waals surface area contributed by atoms with Gasteiger partial charge in [0.25, 0.3) is 0 Å². The van der Waals surface area contributed by atoms with Crippen molar-refractivity contribution in [3.05, 3.63) is 41.5 Å². The lowest BCUT2D eigenvalue weighted by Crippen LogP contribution is -2.20. The number of primary amides is 1. The first-order valence-corrected chi connectivity index (χ1v) is 7.93. The van der Waals surface area contributed by atoms with Crippen molar-refractivity contribution in [3.8, 4) is 16.9 Å². The van der Waals surface area contributed by atoms with E-state index >= 15 is 0 Å². The maximum Gasteiger partial charge on any atom is 0.247 e. The molecule has 4 N–H and O–H groups in total. The molecule has 0 spiro atoms. The molecule has 2 aliphatic rings. The molecule has 6 nitrogen and oxygen atoms in total. The van der Waals surface area contributed by atoms with Crippen LogP contribution >= 0.6 is 0 Å². The summed E-state index contributed by atoms with van der Waals surface area (Å²) < 4.78 is 5.88. The topological polar surface area (TPSA) is 102 Å². The van der Waals surface area contributed by atoms with Crippen molar-refractivity contribution >= 4 is 11.8 Å². The first kappa shape index (κ1) is 17.7. The number of unbranched alkanes of at least 4 members (excludes halogenated alkanes) is 1. The first-order valence-electron chi connectivity index (χ1n) is 7.93. The van der Waals surface area contributed by atoms with Gasteiger partial charge in [0.1, 0.15) is 5.75 Å². The summed E-state index contributed by atoms with van der Waals surface area (Å²) in [6, 6.07) is 9.18. The molecule has 2 amide bonds. The molecule has 0 aromatic heterocycles. The first-order chi connectivity index (χ1) is 11.5. The van der Waals surface area contributed by atoms with Gasteiger partial charge in [-0.3, -0.25) is 14.8 Å². The summed E-state index contributed by atoms with van der Waals surface area (Å²) in [4.78, 5) is 22.7. The van der Waals surface area contributed by atoms with Crippen molar-refractivity contribution < 1.29 is 19.5 Å². The predicted molar refractivity (Wildman–Crippen MR) is 90.0 cm³/mol. The molecule has 6 heteroatoms. The lowest BCUT2D eigenvalue weighted by molar-refractivity contribution is -0.128. The molecule has 24 heavy (non-hydrogen) atoms. The number of ether oxygens (including phenoxy) is 1. The van der Waals surface area contributed by atoms with Crippen LogP contribution in [-0.4, -0.2) is 23.6 Å². The van der Waals surface area contributed by atoms with Gasteiger partial charge in [0.05, 0.1) is 19.4 Å². The van der Waals surface area contributed by atoms with Crippen LogP contribution in [0.1, 0.15) is 30.9 Å². The molecule has 0 bridgehead atoms. The van der Waals surface area contributed by atoms with Gasteiger partial charge in [0, 0.05) is 5.56 Å². The number of nitrogens with one attached hydrogen (secondary N) is 1. The highest BCUT2D eigenvalue weighted by Gasteiger charge is 2.16. The number of carbonyl (C=O) groups excluding carboxylic acids is 2. The number of nitrogens with two attached hydrogens (primary N) is 1. The highest BCUT2D eigenvalue weighted by molar-refractivity contribution is 5.84. The highest BCUT2D eigenvalue weighted by atomic mass is 16.5. The Labute approximate surface area is 140 Å². The Bertz CT molecular complexity index is 700. The van der Waals surface area contributed by atoms with Crippen LogP contribution in [0.25, 0.3) is 11.1 Å². The molecule has 128 valence electrons. The lowest BCUT2D eigenvalue weighted by Gasteiger charge is -2.08. The number of hydroxylamine groups is 1. The second kappa shape index (κ2) is 8.31. The van der Waals surface area contributed by atoms with Crippen LogP contribution in [0.15, 0.2) is 30.3 Å². The average Bonchev–Trinajstić information content (AvgIpc) is 2.84. The molecule has 2 rings (SSSR count). The minimum Gasteiger partial charge on any atom is -0.493 e. The smallest absolute Gasteiger partial charge is 0.247 e. The zero-order valence-corrected chi connectivity index (χ0v) is 13.7. The summed E-state index contributed by atoms with van der Waals surface area (Å²) in [5.41, 5.74) is 10.2. The third-order valence-electron chi connectivity index (χ3n) is 3.74. The van der Waals surface area contributed by atoms with Gasteiger partial charge in [-0.1, -0.05) is 37.6 Å². The summed E-state index contributed by atoms with van der Waals surface area (Å²) in [5, 5.41) is 8.71. The quantitative estimate of drug-likeness (QED) is 0.391. The van der Waals surface area contributed by atoms with Crippen LogP contribution in [0.3, 0.4) is 0 Å². The number of hydrogen-bond acceptors (Lipinski definition) is 4. The third kappa shape index (κ3) is 4.45. The van der Waals surface area contributed by atoms with E-state index in [2.05, 4.69) is 6.92 Å². The molecule has 0 saturated carbocycles. The molecule has 0 aliphatic heterocycles. The van der Waals surface area contributed by atoms with Crippen molar-refractivity contribution in [2.75, 3.05) is 6.61 Å². The molecule has 0 fully saturated rings. The van der Waals surface area contributed by atoms with Gasteiger partial charge < -0.3 is 10.5 Å². The number of hydrogen-bond donors (Lipinski definition) is 3. The molecule has 0 atom stereocenters. The van der Waals surface area contributed by atoms with Crippen molar-refractivity contribution in [2.45, 2.75) is 32.6 Å². The van der Waals surface area contributed by atoms with E-state index in [9.17, 15) is 9.59 Å². The standard InChI is InChI=1S/C18H22N2O4/c1-2-3-8-24-16-9-12(10-18(22)20-23)4-6-14-13(11-17(19)21)5-7-15(14)16/h4-7,9,23H,2-3,8,10-11H2,1H3,(H2,19,21)(H,20,22). The van der Waals surface area contributed by atoms with Gasteiger partial charge >= 0.3 is 0 Å². The summed E-state index contributed by atoms with van der Waals surface area (Å²) in [7, 11) is 0. The SMILES string of the molecule is CCCCOc1cc(CC(=O)NO)ccc2c(CC(N)=O)ccc1-2. The molecule has 0 aromatic rings. The molecular formula is C18H22N2O4. The largest absolute Gasteiger partial charge is 0.493 e. The molecule has 0 saturated heterocycles. The zero-order chi connectivity index (χ0) is 17.5. The lowest BCUT2D eigenvalue weighted by atomic mass is 10.1.